The second-order valence-electron chi connectivity index (χ2n) is 19.8. The molecule has 0 amide bonds. The zero-order valence-corrected chi connectivity index (χ0v) is 48.1. The second-order valence-corrected chi connectivity index (χ2v) is 19.8. The summed E-state index contributed by atoms with van der Waals surface area (Å²) in [5.74, 6) is 5.36. The molecule has 4 N–H and O–H groups in total. The van der Waals surface area contributed by atoms with Crippen molar-refractivity contribution in [1.82, 2.24) is 19.9 Å². The van der Waals surface area contributed by atoms with E-state index in [0.717, 1.165) is 91.5 Å². The van der Waals surface area contributed by atoms with Crippen molar-refractivity contribution in [3.05, 3.63) is 237 Å². The molecule has 8 aromatic rings. The van der Waals surface area contributed by atoms with Gasteiger partial charge in [0.05, 0.1) is 124 Å². The molecular weight excluding hydrogens is 1060 g/mol. The smallest absolute Gasteiger partial charge is 0.305 e. The van der Waals surface area contributed by atoms with Crippen LogP contribution in [0.25, 0.3) is 0 Å². The normalized spacial score (nSPS) is 12.0. The van der Waals surface area contributed by atoms with Gasteiger partial charge in [0.1, 0.15) is 92.2 Å². The molecule has 4 aromatic heterocycles. The zero-order chi connectivity index (χ0) is 58.6. The Balaban J connectivity index is 1.10. The molecule has 84 heavy (non-hydrogen) atoms. The minimum absolute atomic E-state index is 0.244. The minimum Gasteiger partial charge on any atom is -0.492 e. The number of H-pyrrole nitrogens is 4. The molecule has 9 rings (SSSR count). The van der Waals surface area contributed by atoms with Gasteiger partial charge in [0.25, 0.3) is 0 Å². The number of nitrogens with one attached hydrogen (secondary N) is 4. The van der Waals surface area contributed by atoms with E-state index >= 15 is 0 Å². The number of rotatable bonds is 28. The van der Waals surface area contributed by atoms with Gasteiger partial charge in [-0.3, -0.25) is 19.2 Å². The Hall–Kier alpha value is -9.44. The molecule has 0 aliphatic carbocycles. The van der Waals surface area contributed by atoms with E-state index in [4.69, 9.17) is 37.9 Å². The van der Waals surface area contributed by atoms with Gasteiger partial charge in [-0.2, -0.15) is 0 Å². The van der Waals surface area contributed by atoms with Crippen molar-refractivity contribution in [2.45, 2.75) is 79.1 Å². The third-order valence-electron chi connectivity index (χ3n) is 13.9. The summed E-state index contributed by atoms with van der Waals surface area (Å²) in [5.41, 5.74) is 10.5. The summed E-state index contributed by atoms with van der Waals surface area (Å²) in [6.07, 6.45) is 3.22. The number of hydrogen-bond acceptors (Lipinski definition) is 12. The molecule has 0 atom stereocenters. The molecular formula is C68H72N4O12+4. The zero-order valence-electron chi connectivity index (χ0n) is 48.1. The van der Waals surface area contributed by atoms with Gasteiger partial charge in [0.15, 0.2) is 0 Å². The first kappa shape index (κ1) is 59.2. The lowest BCUT2D eigenvalue weighted by Gasteiger charge is -2.14. The molecule has 1 aliphatic heterocycles. The van der Waals surface area contributed by atoms with Gasteiger partial charge in [-0.05, 0) is 53.4 Å². The van der Waals surface area contributed by atoms with E-state index in [1.807, 2.05) is 97.1 Å². The maximum atomic E-state index is 12.0. The summed E-state index contributed by atoms with van der Waals surface area (Å²) in [7, 11) is 0. The molecule has 5 heterocycles. The van der Waals surface area contributed by atoms with Gasteiger partial charge in [0.2, 0.25) is 0 Å². The number of carbonyl (C=O) groups is 4. The third kappa shape index (κ3) is 15.6. The largest absolute Gasteiger partial charge is 0.492 e. The average Bonchev–Trinajstić information content (AvgIpc) is 3.66. The SMILES string of the molecule is CCOC(=O)CCCOc1ccc([C+]2c3ccc([nH]3)[C+](c3ccc(OCCCC(=O)OCC)cc3)c3ccc([nH]3)[C+](c3ccc(OCCCC(=O)OCC)cc3)c3ccc([nH]3)[C+](c3ccc(OCCCC(=O)OCC)cc3)c3ccc2[nH]3)cc1. The fourth-order valence-corrected chi connectivity index (χ4v) is 10.0. The Morgan fingerprint density at radius 3 is 0.631 bits per heavy atom. The fraction of sp³-hybridized carbons (Fsp3) is 0.294. The lowest BCUT2D eigenvalue weighted by atomic mass is 9.92. The minimum atomic E-state index is -0.244. The highest BCUT2D eigenvalue weighted by molar-refractivity contribution is 5.71. The quantitative estimate of drug-likeness (QED) is 0.0156. The predicted molar refractivity (Wildman–Crippen MR) is 317 cm³/mol. The first-order valence-corrected chi connectivity index (χ1v) is 28.9. The molecule has 0 saturated carbocycles. The van der Waals surface area contributed by atoms with Crippen molar-refractivity contribution in [3.8, 4) is 23.0 Å². The number of ether oxygens (including phenoxy) is 8. The number of aromatic amines is 4. The molecule has 0 unspecified atom stereocenters. The fourth-order valence-electron chi connectivity index (χ4n) is 10.0. The van der Waals surface area contributed by atoms with E-state index in [1.54, 1.807) is 27.7 Å². The number of aromatic nitrogens is 4. The lowest BCUT2D eigenvalue weighted by molar-refractivity contribution is -0.144. The Morgan fingerprint density at radius 2 is 0.464 bits per heavy atom. The maximum Gasteiger partial charge on any atom is 0.305 e. The van der Waals surface area contributed by atoms with E-state index < -0.39 is 0 Å². The Bertz CT molecular complexity index is 2830. The summed E-state index contributed by atoms with van der Waals surface area (Å²) in [5, 5.41) is 0. The van der Waals surface area contributed by atoms with Crippen LogP contribution in [0.3, 0.4) is 0 Å². The summed E-state index contributed by atoms with van der Waals surface area (Å²) < 4.78 is 44.8. The van der Waals surface area contributed by atoms with Crippen molar-refractivity contribution >= 4 is 23.9 Å². The molecule has 0 saturated heterocycles. The first-order valence-electron chi connectivity index (χ1n) is 28.9. The molecule has 0 spiro atoms. The van der Waals surface area contributed by atoms with E-state index in [-0.39, 0.29) is 49.6 Å². The highest BCUT2D eigenvalue weighted by Gasteiger charge is 2.38. The molecule has 1 aliphatic rings. The standard InChI is InChI=1S/C68H72N4O12/c1-5-77-61(73)13-9-41-81-49-25-17-45(18-26-49)65-53-33-35-55(69-53)66(46-19-27-50(28-20-46)82-42-10-14-62(74)78-6-2)57-37-39-59(71-57)68(48-23-31-52(32-24-48)84-44-12-16-64(76)80-8-4)60-40-38-58(72-60)67(56-36-34-54(65)70-56)47-21-29-51(30-22-47)83-43-11-15-63(75)79-7-3/h17-40,69-72H,5-16,41-44H2,1-4H3/q+4. The number of carbonyl (C=O) groups excluding carboxylic acids is 4. The Morgan fingerprint density at radius 1 is 0.286 bits per heavy atom. The van der Waals surface area contributed by atoms with Crippen LogP contribution in [0.5, 0.6) is 23.0 Å². The van der Waals surface area contributed by atoms with Gasteiger partial charge in [-0.25, -0.2) is 0 Å². The molecule has 0 radical (unpaired) electrons. The third-order valence-corrected chi connectivity index (χ3v) is 13.9. The van der Waals surface area contributed by atoms with Gasteiger partial charge in [-0.15, -0.1) is 0 Å². The van der Waals surface area contributed by atoms with E-state index in [1.165, 1.54) is 0 Å². The number of hydrogen-bond donors (Lipinski definition) is 4. The Labute approximate surface area is 490 Å². The van der Waals surface area contributed by atoms with E-state index in [2.05, 4.69) is 68.5 Å². The van der Waals surface area contributed by atoms with Crippen molar-refractivity contribution < 1.29 is 57.1 Å². The first-order chi connectivity index (χ1) is 41.1. The van der Waals surface area contributed by atoms with Crippen LogP contribution in [0.4, 0.5) is 0 Å². The summed E-state index contributed by atoms with van der Waals surface area (Å²) >= 11 is 0. The predicted octanol–water partition coefficient (Wildman–Crippen LogP) is 12.3. The van der Waals surface area contributed by atoms with Crippen LogP contribution in [0, 0.1) is 23.7 Å². The van der Waals surface area contributed by atoms with Crippen LogP contribution in [-0.4, -0.2) is 96.7 Å². The molecule has 16 heteroatoms. The van der Waals surface area contributed by atoms with Gasteiger partial charge in [-0.1, -0.05) is 0 Å². The van der Waals surface area contributed by atoms with E-state index in [0.29, 0.717) is 102 Å². The van der Waals surface area contributed by atoms with Crippen LogP contribution in [-0.2, 0) is 38.1 Å². The molecule has 432 valence electrons. The lowest BCUT2D eigenvalue weighted by Crippen LogP contribution is -2.12. The van der Waals surface area contributed by atoms with Crippen molar-refractivity contribution in [2.75, 3.05) is 52.9 Å². The number of esters is 4. The van der Waals surface area contributed by atoms with Crippen molar-refractivity contribution in [3.63, 3.8) is 0 Å². The average molecular weight is 1140 g/mol. The van der Waals surface area contributed by atoms with Crippen LogP contribution >= 0.6 is 0 Å². The summed E-state index contributed by atoms with van der Waals surface area (Å²) in [6.45, 7) is 9.99. The highest BCUT2D eigenvalue weighted by Crippen LogP contribution is 2.41. The molecule has 16 nitrogen and oxygen atoms in total. The van der Waals surface area contributed by atoms with E-state index in [9.17, 15) is 19.2 Å². The Kier molecular flexibility index (Phi) is 20.8. The van der Waals surface area contributed by atoms with Crippen LogP contribution in [0.2, 0.25) is 0 Å². The summed E-state index contributed by atoms with van der Waals surface area (Å²) in [6, 6.07) is 48.6. The monoisotopic (exact) mass is 1140 g/mol. The van der Waals surface area contributed by atoms with Crippen LogP contribution in [0.1, 0.15) is 147 Å². The topological polar surface area (TPSA) is 205 Å². The van der Waals surface area contributed by atoms with Gasteiger partial charge < -0.3 is 57.8 Å². The maximum absolute atomic E-state index is 12.0. The molecule has 4 aromatic carbocycles. The van der Waals surface area contributed by atoms with Gasteiger partial charge in [0, 0.05) is 123 Å². The summed E-state index contributed by atoms with van der Waals surface area (Å²) in [4.78, 5) is 63.5. The van der Waals surface area contributed by atoms with Crippen LogP contribution < -0.4 is 18.9 Å². The van der Waals surface area contributed by atoms with Crippen molar-refractivity contribution in [2.24, 2.45) is 0 Å². The number of fused-ring (bicyclic) bond motifs is 8. The van der Waals surface area contributed by atoms with Crippen molar-refractivity contribution in [1.29, 1.82) is 0 Å². The molecule has 0 fully saturated rings. The highest BCUT2D eigenvalue weighted by atomic mass is 16.5. The van der Waals surface area contributed by atoms with Gasteiger partial charge >= 0.3 is 23.9 Å². The second kappa shape index (κ2) is 29.5. The number of benzene rings is 4. The van der Waals surface area contributed by atoms with Crippen LogP contribution in [0.15, 0.2) is 146 Å². The molecule has 8 bridgehead atoms.